The van der Waals surface area contributed by atoms with Gasteiger partial charge in [-0.05, 0) is 52.7 Å². The van der Waals surface area contributed by atoms with Crippen molar-refractivity contribution in [1.82, 2.24) is 10.2 Å². The topological polar surface area (TPSA) is 24.5 Å². The van der Waals surface area contributed by atoms with E-state index < -0.39 is 0 Å². The molecule has 0 aromatic carbocycles. The van der Waals surface area contributed by atoms with E-state index in [4.69, 9.17) is 4.74 Å². The highest BCUT2D eigenvalue weighted by Crippen LogP contribution is 2.38. The quantitative estimate of drug-likeness (QED) is 0.815. The molecule has 0 aromatic heterocycles. The number of hydrogen-bond acceptors (Lipinski definition) is 4. The van der Waals surface area contributed by atoms with Gasteiger partial charge < -0.3 is 10.1 Å². The lowest BCUT2D eigenvalue weighted by molar-refractivity contribution is -0.0702. The van der Waals surface area contributed by atoms with Gasteiger partial charge in [-0.2, -0.15) is 11.8 Å². The fourth-order valence-electron chi connectivity index (χ4n) is 3.58. The van der Waals surface area contributed by atoms with Crippen molar-refractivity contribution < 1.29 is 4.74 Å². The highest BCUT2D eigenvalue weighted by atomic mass is 32.2. The van der Waals surface area contributed by atoms with E-state index in [0.29, 0.717) is 18.1 Å². The van der Waals surface area contributed by atoms with E-state index in [1.165, 1.54) is 30.8 Å². The van der Waals surface area contributed by atoms with Crippen molar-refractivity contribution in [2.75, 3.05) is 31.2 Å². The summed E-state index contributed by atoms with van der Waals surface area (Å²) in [7, 11) is 0. The van der Waals surface area contributed by atoms with Crippen LogP contribution in [0.25, 0.3) is 0 Å². The van der Waals surface area contributed by atoms with E-state index in [2.05, 4.69) is 49.7 Å². The molecule has 2 aliphatic rings. The number of ether oxygens (including phenoxy) is 1. The Morgan fingerprint density at radius 3 is 2.65 bits per heavy atom. The minimum Gasteiger partial charge on any atom is -0.374 e. The highest BCUT2D eigenvalue weighted by molar-refractivity contribution is 7.99. The van der Waals surface area contributed by atoms with E-state index in [-0.39, 0.29) is 5.60 Å². The molecule has 3 nitrogen and oxygen atoms in total. The number of nitrogens with one attached hydrogen (secondary N) is 1. The van der Waals surface area contributed by atoms with Crippen LogP contribution in [0.1, 0.15) is 47.0 Å². The van der Waals surface area contributed by atoms with Gasteiger partial charge in [0, 0.05) is 43.6 Å². The first-order valence-corrected chi connectivity index (χ1v) is 9.39. The van der Waals surface area contributed by atoms with Crippen molar-refractivity contribution in [2.45, 2.75) is 70.7 Å². The van der Waals surface area contributed by atoms with Gasteiger partial charge in [-0.25, -0.2) is 0 Å². The zero-order chi connectivity index (χ0) is 14.6. The molecule has 2 saturated heterocycles. The van der Waals surface area contributed by atoms with Gasteiger partial charge in [0.1, 0.15) is 0 Å². The second kappa shape index (κ2) is 7.48. The summed E-state index contributed by atoms with van der Waals surface area (Å²) in [5.74, 6) is 2.48. The molecule has 20 heavy (non-hydrogen) atoms. The molecular formula is C16H32N2OS. The van der Waals surface area contributed by atoms with Crippen LogP contribution in [0.2, 0.25) is 0 Å². The molecule has 0 aliphatic carbocycles. The largest absolute Gasteiger partial charge is 0.374 e. The lowest BCUT2D eigenvalue weighted by atomic mass is 9.90. The molecule has 0 radical (unpaired) electrons. The fraction of sp³-hybridized carbons (Fsp3) is 1.00. The maximum Gasteiger partial charge on any atom is 0.0795 e. The second-order valence-corrected chi connectivity index (χ2v) is 8.01. The van der Waals surface area contributed by atoms with Gasteiger partial charge in [0.05, 0.1) is 5.60 Å². The standard InChI is InChI=1S/C16H32N2OS/c1-13(2)18(14(3)4)8-7-17-15-5-9-19-16(11-15)6-10-20-12-16/h13-15,17H,5-12H2,1-4H3. The summed E-state index contributed by atoms with van der Waals surface area (Å²) >= 11 is 2.06. The van der Waals surface area contributed by atoms with Crippen LogP contribution >= 0.6 is 11.8 Å². The SMILES string of the molecule is CC(C)N(CCNC1CCOC2(CCSC2)C1)C(C)C. The molecule has 2 atom stereocenters. The lowest BCUT2D eigenvalue weighted by Gasteiger charge is -2.38. The molecule has 1 spiro atoms. The Morgan fingerprint density at radius 2 is 2.05 bits per heavy atom. The zero-order valence-corrected chi connectivity index (χ0v) is 14.5. The Labute approximate surface area is 129 Å². The first kappa shape index (κ1) is 16.6. The average molecular weight is 301 g/mol. The van der Waals surface area contributed by atoms with Crippen molar-refractivity contribution in [2.24, 2.45) is 0 Å². The summed E-state index contributed by atoms with van der Waals surface area (Å²) in [5.41, 5.74) is 0.205. The van der Waals surface area contributed by atoms with Crippen LogP contribution in [-0.4, -0.2) is 59.8 Å². The Balaban J connectivity index is 1.73. The van der Waals surface area contributed by atoms with Gasteiger partial charge in [0.25, 0.3) is 0 Å². The van der Waals surface area contributed by atoms with Crippen LogP contribution in [0.15, 0.2) is 0 Å². The predicted molar refractivity (Wildman–Crippen MR) is 88.6 cm³/mol. The Kier molecular flexibility index (Phi) is 6.21. The molecule has 2 unspecified atom stereocenters. The Bertz CT molecular complexity index is 282. The van der Waals surface area contributed by atoms with E-state index in [1.54, 1.807) is 0 Å². The van der Waals surface area contributed by atoms with Gasteiger partial charge in [-0.15, -0.1) is 0 Å². The maximum absolute atomic E-state index is 6.09. The van der Waals surface area contributed by atoms with E-state index >= 15 is 0 Å². The minimum absolute atomic E-state index is 0.205. The smallest absolute Gasteiger partial charge is 0.0795 e. The van der Waals surface area contributed by atoms with Crippen molar-refractivity contribution in [1.29, 1.82) is 0 Å². The number of nitrogens with zero attached hydrogens (tertiary/aromatic N) is 1. The van der Waals surface area contributed by atoms with Crippen LogP contribution < -0.4 is 5.32 Å². The summed E-state index contributed by atoms with van der Waals surface area (Å²) in [6.45, 7) is 12.4. The van der Waals surface area contributed by atoms with Crippen LogP contribution in [0.5, 0.6) is 0 Å². The van der Waals surface area contributed by atoms with Crippen molar-refractivity contribution in [3.63, 3.8) is 0 Å². The highest BCUT2D eigenvalue weighted by Gasteiger charge is 2.40. The fourth-order valence-corrected chi connectivity index (χ4v) is 4.95. The maximum atomic E-state index is 6.09. The number of hydrogen-bond donors (Lipinski definition) is 1. The number of rotatable bonds is 6. The molecule has 2 aliphatic heterocycles. The van der Waals surface area contributed by atoms with Gasteiger partial charge in [0.2, 0.25) is 0 Å². The van der Waals surface area contributed by atoms with Gasteiger partial charge >= 0.3 is 0 Å². The summed E-state index contributed by atoms with van der Waals surface area (Å²) in [6, 6.07) is 1.91. The molecule has 1 N–H and O–H groups in total. The molecular weight excluding hydrogens is 268 g/mol. The van der Waals surface area contributed by atoms with E-state index in [9.17, 15) is 0 Å². The first-order valence-electron chi connectivity index (χ1n) is 8.23. The van der Waals surface area contributed by atoms with Crippen LogP contribution in [0.4, 0.5) is 0 Å². The van der Waals surface area contributed by atoms with Crippen molar-refractivity contribution >= 4 is 11.8 Å². The molecule has 0 amide bonds. The monoisotopic (exact) mass is 300 g/mol. The lowest BCUT2D eigenvalue weighted by Crippen LogP contribution is -2.49. The third kappa shape index (κ3) is 4.36. The van der Waals surface area contributed by atoms with Gasteiger partial charge in [0.15, 0.2) is 0 Å². The summed E-state index contributed by atoms with van der Waals surface area (Å²) < 4.78 is 6.09. The van der Waals surface area contributed by atoms with E-state index in [0.717, 1.165) is 19.7 Å². The van der Waals surface area contributed by atoms with Gasteiger partial charge in [-0.1, -0.05) is 0 Å². The van der Waals surface area contributed by atoms with Crippen molar-refractivity contribution in [3.05, 3.63) is 0 Å². The Morgan fingerprint density at radius 1 is 1.30 bits per heavy atom. The molecule has 2 heterocycles. The number of thioether (sulfide) groups is 1. The molecule has 0 saturated carbocycles. The normalized spacial score (nSPS) is 31.1. The first-order chi connectivity index (χ1) is 9.52. The molecule has 118 valence electrons. The Hall–Kier alpha value is 0.230. The molecule has 2 rings (SSSR count). The third-order valence-electron chi connectivity index (χ3n) is 4.69. The van der Waals surface area contributed by atoms with E-state index in [1.807, 2.05) is 0 Å². The van der Waals surface area contributed by atoms with Crippen molar-refractivity contribution in [3.8, 4) is 0 Å². The summed E-state index contributed by atoms with van der Waals surface area (Å²) in [4.78, 5) is 2.56. The molecule has 2 fully saturated rings. The van der Waals surface area contributed by atoms with Crippen LogP contribution in [-0.2, 0) is 4.74 Å². The minimum atomic E-state index is 0.205. The van der Waals surface area contributed by atoms with Crippen LogP contribution in [0, 0.1) is 0 Å². The summed E-state index contributed by atoms with van der Waals surface area (Å²) in [6.07, 6.45) is 3.64. The van der Waals surface area contributed by atoms with Gasteiger partial charge in [-0.3, -0.25) is 4.90 Å². The molecule has 4 heteroatoms. The zero-order valence-electron chi connectivity index (χ0n) is 13.7. The second-order valence-electron chi connectivity index (χ2n) is 6.90. The summed E-state index contributed by atoms with van der Waals surface area (Å²) in [5, 5.41) is 3.78. The third-order valence-corrected chi connectivity index (χ3v) is 5.91. The molecule has 0 bridgehead atoms. The molecule has 0 aromatic rings. The van der Waals surface area contributed by atoms with Crippen LogP contribution in [0.3, 0.4) is 0 Å². The average Bonchev–Trinajstić information content (AvgIpc) is 2.82. The predicted octanol–water partition coefficient (Wildman–Crippen LogP) is 2.75.